The summed E-state index contributed by atoms with van der Waals surface area (Å²) in [5, 5.41) is 8.32. The van der Waals surface area contributed by atoms with E-state index in [2.05, 4.69) is 12.1 Å². The molecule has 5 heteroatoms. The molecule has 0 aliphatic carbocycles. The van der Waals surface area contributed by atoms with Crippen molar-refractivity contribution in [1.29, 1.82) is 5.41 Å². The summed E-state index contributed by atoms with van der Waals surface area (Å²) in [5.74, 6) is 5.38. The third-order valence-electron chi connectivity index (χ3n) is 2.02. The monoisotopic (exact) mass is 228 g/mol. The zero-order chi connectivity index (χ0) is 10.4. The minimum atomic E-state index is -0.0851. The Morgan fingerprint density at radius 3 is 2.40 bits per heavy atom. The van der Waals surface area contributed by atoms with Crippen LogP contribution in [0.25, 0.3) is 0 Å². The summed E-state index contributed by atoms with van der Waals surface area (Å²) in [5.41, 5.74) is 6.48. The molecule has 0 unspecified atom stereocenters. The highest BCUT2D eigenvalue weighted by Gasteiger charge is 1.99. The number of rotatable bonds is 4. The highest BCUT2D eigenvalue weighted by atomic mass is 35.5. The molecule has 15 heavy (non-hydrogen) atoms. The minimum Gasteiger partial charge on any atom is -0.369 e. The van der Waals surface area contributed by atoms with Gasteiger partial charge >= 0.3 is 0 Å². The predicted octanol–water partition coefficient (Wildman–Crippen LogP) is 1.11. The molecule has 0 bridgehead atoms. The van der Waals surface area contributed by atoms with Gasteiger partial charge < -0.3 is 5.73 Å². The SMILES string of the molecule is Cl.N=C(N)N(N)CCCc1ccccc1. The normalized spacial score (nSPS) is 9.13. The summed E-state index contributed by atoms with van der Waals surface area (Å²) in [6.07, 6.45) is 1.86. The largest absolute Gasteiger partial charge is 0.369 e. The second-order valence-corrected chi connectivity index (χ2v) is 3.17. The van der Waals surface area contributed by atoms with Gasteiger partial charge in [-0.2, -0.15) is 0 Å². The van der Waals surface area contributed by atoms with Gasteiger partial charge in [-0.3, -0.25) is 10.4 Å². The number of nitrogens with one attached hydrogen (secondary N) is 1. The lowest BCUT2D eigenvalue weighted by atomic mass is 10.1. The van der Waals surface area contributed by atoms with Gasteiger partial charge in [0.1, 0.15) is 0 Å². The molecule has 0 heterocycles. The molecule has 1 aromatic carbocycles. The van der Waals surface area contributed by atoms with Crippen molar-refractivity contribution >= 4 is 18.4 Å². The van der Waals surface area contributed by atoms with Crippen LogP contribution in [0.3, 0.4) is 0 Å². The van der Waals surface area contributed by atoms with Gasteiger partial charge in [-0.05, 0) is 18.4 Å². The van der Waals surface area contributed by atoms with Crippen molar-refractivity contribution < 1.29 is 0 Å². The molecule has 0 amide bonds. The van der Waals surface area contributed by atoms with E-state index in [-0.39, 0.29) is 18.4 Å². The second-order valence-electron chi connectivity index (χ2n) is 3.17. The molecule has 4 nitrogen and oxygen atoms in total. The third-order valence-corrected chi connectivity index (χ3v) is 2.02. The Balaban J connectivity index is 0.00000196. The molecule has 0 saturated carbocycles. The fourth-order valence-corrected chi connectivity index (χ4v) is 1.22. The Morgan fingerprint density at radius 2 is 1.87 bits per heavy atom. The molecular weight excluding hydrogens is 212 g/mol. The molecule has 84 valence electrons. The quantitative estimate of drug-likeness (QED) is 0.313. The molecule has 0 aromatic heterocycles. The smallest absolute Gasteiger partial charge is 0.202 e. The van der Waals surface area contributed by atoms with E-state index in [9.17, 15) is 0 Å². The number of guanidine groups is 1. The van der Waals surface area contributed by atoms with Crippen LogP contribution in [-0.4, -0.2) is 17.5 Å². The number of benzene rings is 1. The van der Waals surface area contributed by atoms with Crippen LogP contribution in [-0.2, 0) is 6.42 Å². The Hall–Kier alpha value is -1.26. The highest BCUT2D eigenvalue weighted by Crippen LogP contribution is 2.02. The van der Waals surface area contributed by atoms with Gasteiger partial charge in [0.15, 0.2) is 0 Å². The molecule has 0 aliphatic heterocycles. The molecule has 0 radical (unpaired) electrons. The molecule has 0 atom stereocenters. The van der Waals surface area contributed by atoms with E-state index in [1.54, 1.807) is 0 Å². The van der Waals surface area contributed by atoms with Crippen LogP contribution < -0.4 is 11.6 Å². The van der Waals surface area contributed by atoms with Gasteiger partial charge in [-0.25, -0.2) is 5.84 Å². The molecule has 0 spiro atoms. The van der Waals surface area contributed by atoms with E-state index in [0.29, 0.717) is 6.54 Å². The van der Waals surface area contributed by atoms with Gasteiger partial charge in [0.05, 0.1) is 0 Å². The van der Waals surface area contributed by atoms with E-state index in [1.165, 1.54) is 10.6 Å². The predicted molar refractivity (Wildman–Crippen MR) is 64.8 cm³/mol. The molecular formula is C10H17ClN4. The topological polar surface area (TPSA) is 79.1 Å². The van der Waals surface area contributed by atoms with Crippen LogP contribution in [0.1, 0.15) is 12.0 Å². The first-order valence-electron chi connectivity index (χ1n) is 4.60. The van der Waals surface area contributed by atoms with Gasteiger partial charge in [-0.15, -0.1) is 12.4 Å². The second kappa shape index (κ2) is 7.09. The van der Waals surface area contributed by atoms with Crippen molar-refractivity contribution in [3.8, 4) is 0 Å². The third kappa shape index (κ3) is 5.24. The number of aryl methyl sites for hydroxylation is 1. The molecule has 0 fully saturated rings. The van der Waals surface area contributed by atoms with E-state index in [0.717, 1.165) is 12.8 Å². The fraction of sp³-hybridized carbons (Fsp3) is 0.300. The first kappa shape index (κ1) is 13.7. The Bertz CT molecular complexity index is 289. The molecule has 0 aliphatic rings. The van der Waals surface area contributed by atoms with E-state index >= 15 is 0 Å². The van der Waals surface area contributed by atoms with Gasteiger partial charge in [0.25, 0.3) is 0 Å². The summed E-state index contributed by atoms with van der Waals surface area (Å²) in [6, 6.07) is 10.2. The summed E-state index contributed by atoms with van der Waals surface area (Å²) < 4.78 is 0. The zero-order valence-corrected chi connectivity index (χ0v) is 9.33. The van der Waals surface area contributed by atoms with Crippen LogP contribution in [0.5, 0.6) is 0 Å². The maximum atomic E-state index is 7.06. The average molecular weight is 229 g/mol. The van der Waals surface area contributed by atoms with E-state index in [4.69, 9.17) is 17.0 Å². The first-order valence-corrected chi connectivity index (χ1v) is 4.60. The molecule has 1 rings (SSSR count). The summed E-state index contributed by atoms with van der Waals surface area (Å²) in [4.78, 5) is 0. The van der Waals surface area contributed by atoms with Crippen LogP contribution in [0, 0.1) is 5.41 Å². The van der Waals surface area contributed by atoms with Crippen LogP contribution in [0.15, 0.2) is 30.3 Å². The molecule has 0 saturated heterocycles. The van der Waals surface area contributed by atoms with Crippen LogP contribution in [0.4, 0.5) is 0 Å². The first-order chi connectivity index (χ1) is 6.70. The van der Waals surface area contributed by atoms with Gasteiger partial charge in [-0.1, -0.05) is 30.3 Å². The number of hydrogen-bond donors (Lipinski definition) is 3. The van der Waals surface area contributed by atoms with E-state index < -0.39 is 0 Å². The van der Waals surface area contributed by atoms with E-state index in [1.807, 2.05) is 18.2 Å². The lowest BCUT2D eigenvalue weighted by Gasteiger charge is -2.15. The average Bonchev–Trinajstić information content (AvgIpc) is 2.19. The summed E-state index contributed by atoms with van der Waals surface area (Å²) in [6.45, 7) is 0.615. The number of nitrogens with zero attached hydrogens (tertiary/aromatic N) is 1. The standard InChI is InChI=1S/C10H16N4.ClH/c11-10(12)14(13)8-4-7-9-5-2-1-3-6-9;/h1-3,5-6H,4,7-8,13H2,(H3,11,12);1H. The van der Waals surface area contributed by atoms with Gasteiger partial charge in [0.2, 0.25) is 5.96 Å². The van der Waals surface area contributed by atoms with Crippen molar-refractivity contribution in [2.75, 3.05) is 6.54 Å². The van der Waals surface area contributed by atoms with Crippen molar-refractivity contribution in [2.24, 2.45) is 11.6 Å². The Morgan fingerprint density at radius 1 is 1.27 bits per heavy atom. The summed E-state index contributed by atoms with van der Waals surface area (Å²) >= 11 is 0. The number of hydrazine groups is 1. The van der Waals surface area contributed by atoms with Crippen molar-refractivity contribution in [1.82, 2.24) is 5.01 Å². The highest BCUT2D eigenvalue weighted by molar-refractivity contribution is 5.85. The van der Waals surface area contributed by atoms with Crippen molar-refractivity contribution in [2.45, 2.75) is 12.8 Å². The van der Waals surface area contributed by atoms with Crippen LogP contribution >= 0.6 is 12.4 Å². The number of hydrogen-bond acceptors (Lipinski definition) is 2. The Labute approximate surface area is 96.1 Å². The molecule has 5 N–H and O–H groups in total. The lowest BCUT2D eigenvalue weighted by Crippen LogP contribution is -2.42. The lowest BCUT2D eigenvalue weighted by molar-refractivity contribution is 0.422. The maximum Gasteiger partial charge on any atom is 0.202 e. The number of halogens is 1. The Kier molecular flexibility index (Phi) is 6.49. The zero-order valence-electron chi connectivity index (χ0n) is 8.52. The molecule has 1 aromatic rings. The van der Waals surface area contributed by atoms with Gasteiger partial charge in [0, 0.05) is 6.54 Å². The summed E-state index contributed by atoms with van der Waals surface area (Å²) in [7, 11) is 0. The van der Waals surface area contributed by atoms with Crippen LogP contribution in [0.2, 0.25) is 0 Å². The maximum absolute atomic E-state index is 7.06. The number of nitrogens with two attached hydrogens (primary N) is 2. The van der Waals surface area contributed by atoms with Crippen molar-refractivity contribution in [3.63, 3.8) is 0 Å². The fourth-order valence-electron chi connectivity index (χ4n) is 1.22. The minimum absolute atomic E-state index is 0. The van der Waals surface area contributed by atoms with Crippen molar-refractivity contribution in [3.05, 3.63) is 35.9 Å².